The zero-order valence-corrected chi connectivity index (χ0v) is 10.9. The van der Waals surface area contributed by atoms with Gasteiger partial charge < -0.3 is 15.2 Å². The van der Waals surface area contributed by atoms with Crippen LogP contribution < -0.4 is 5.32 Å². The number of ether oxygens (including phenoxy) is 1. The summed E-state index contributed by atoms with van der Waals surface area (Å²) in [6, 6.07) is 1.06. The minimum absolute atomic E-state index is 0.274. The van der Waals surface area contributed by atoms with Gasteiger partial charge in [-0.15, -0.1) is 0 Å². The highest BCUT2D eigenvalue weighted by molar-refractivity contribution is 5.76. The summed E-state index contributed by atoms with van der Waals surface area (Å²) in [4.78, 5) is 19.2. The first kappa shape index (κ1) is 14.4. The number of carbonyl (C=O) groups is 1. The van der Waals surface area contributed by atoms with Crippen LogP contribution in [0.2, 0.25) is 0 Å². The number of carboxylic acids is 1. The standard InChI is InChI=1S/C12H19N3O3/c1-8(2)10-6-11(14-7-13-10)15-9(12(16)17)4-5-18-3/h6-9H,4-5H2,1-3H3,(H,16,17)(H,13,14,15). The maximum atomic E-state index is 11.1. The minimum Gasteiger partial charge on any atom is -0.480 e. The van der Waals surface area contributed by atoms with Crippen LogP contribution in [0.25, 0.3) is 0 Å². The number of nitrogens with one attached hydrogen (secondary N) is 1. The lowest BCUT2D eigenvalue weighted by Gasteiger charge is -2.15. The second-order valence-electron chi connectivity index (χ2n) is 4.30. The van der Waals surface area contributed by atoms with Crippen LogP contribution in [0, 0.1) is 0 Å². The van der Waals surface area contributed by atoms with E-state index in [9.17, 15) is 4.79 Å². The maximum absolute atomic E-state index is 11.1. The Hall–Kier alpha value is -1.69. The molecule has 0 saturated carbocycles. The highest BCUT2D eigenvalue weighted by Crippen LogP contribution is 2.14. The SMILES string of the molecule is COCCC(Nc1cc(C(C)C)ncn1)C(=O)O. The number of rotatable bonds is 7. The maximum Gasteiger partial charge on any atom is 0.326 e. The van der Waals surface area contributed by atoms with Crippen molar-refractivity contribution in [3.05, 3.63) is 18.1 Å². The summed E-state index contributed by atoms with van der Waals surface area (Å²) in [7, 11) is 1.54. The van der Waals surface area contributed by atoms with E-state index < -0.39 is 12.0 Å². The Morgan fingerprint density at radius 3 is 2.78 bits per heavy atom. The van der Waals surface area contributed by atoms with Crippen LogP contribution in [0.5, 0.6) is 0 Å². The van der Waals surface area contributed by atoms with E-state index in [2.05, 4.69) is 15.3 Å². The van der Waals surface area contributed by atoms with Gasteiger partial charge in [0, 0.05) is 31.9 Å². The molecule has 1 rings (SSSR count). The van der Waals surface area contributed by atoms with Crippen molar-refractivity contribution in [2.45, 2.75) is 32.2 Å². The third-order valence-electron chi connectivity index (χ3n) is 2.51. The number of anilines is 1. The summed E-state index contributed by atoms with van der Waals surface area (Å²) in [5.74, 6) is -0.121. The highest BCUT2D eigenvalue weighted by Gasteiger charge is 2.17. The molecule has 1 aromatic rings. The molecule has 0 aliphatic carbocycles. The van der Waals surface area contributed by atoms with Gasteiger partial charge >= 0.3 is 5.97 Å². The quantitative estimate of drug-likeness (QED) is 0.766. The summed E-state index contributed by atoms with van der Waals surface area (Å²) < 4.78 is 4.89. The van der Waals surface area contributed by atoms with E-state index in [1.54, 1.807) is 13.2 Å². The predicted octanol–water partition coefficient (Wildman–Crippen LogP) is 1.50. The summed E-state index contributed by atoms with van der Waals surface area (Å²) in [5.41, 5.74) is 0.878. The first-order chi connectivity index (χ1) is 8.54. The average Bonchev–Trinajstić information content (AvgIpc) is 2.34. The topological polar surface area (TPSA) is 84.3 Å². The van der Waals surface area contributed by atoms with E-state index in [0.717, 1.165) is 5.69 Å². The van der Waals surface area contributed by atoms with E-state index in [1.165, 1.54) is 6.33 Å². The second kappa shape index (κ2) is 6.90. The Morgan fingerprint density at radius 1 is 1.50 bits per heavy atom. The molecule has 0 aliphatic heterocycles. The number of methoxy groups -OCH3 is 1. The Balaban J connectivity index is 2.74. The lowest BCUT2D eigenvalue weighted by Crippen LogP contribution is -2.31. The van der Waals surface area contributed by atoms with E-state index >= 15 is 0 Å². The molecular formula is C12H19N3O3. The fraction of sp³-hybridized carbons (Fsp3) is 0.583. The Morgan fingerprint density at radius 2 is 2.22 bits per heavy atom. The molecule has 0 bridgehead atoms. The van der Waals surface area contributed by atoms with Crippen LogP contribution in [0.4, 0.5) is 5.82 Å². The molecule has 1 aromatic heterocycles. The van der Waals surface area contributed by atoms with Crippen molar-refractivity contribution in [3.63, 3.8) is 0 Å². The van der Waals surface area contributed by atoms with Gasteiger partial charge in [0.2, 0.25) is 0 Å². The fourth-order valence-electron chi connectivity index (χ4n) is 1.44. The van der Waals surface area contributed by atoms with Crippen molar-refractivity contribution in [1.82, 2.24) is 9.97 Å². The largest absolute Gasteiger partial charge is 0.480 e. The molecule has 0 saturated heterocycles. The second-order valence-corrected chi connectivity index (χ2v) is 4.30. The molecule has 1 heterocycles. The van der Waals surface area contributed by atoms with Crippen LogP contribution >= 0.6 is 0 Å². The van der Waals surface area contributed by atoms with Gasteiger partial charge in [0.1, 0.15) is 18.2 Å². The normalized spacial score (nSPS) is 12.4. The number of aliphatic carboxylic acids is 1. The number of hydrogen-bond acceptors (Lipinski definition) is 5. The third-order valence-corrected chi connectivity index (χ3v) is 2.51. The van der Waals surface area contributed by atoms with Gasteiger partial charge in [-0.1, -0.05) is 13.8 Å². The number of aromatic nitrogens is 2. The molecule has 0 amide bonds. The van der Waals surface area contributed by atoms with Gasteiger partial charge in [-0.2, -0.15) is 0 Å². The average molecular weight is 253 g/mol. The van der Waals surface area contributed by atoms with Gasteiger partial charge in [-0.05, 0) is 5.92 Å². The molecule has 100 valence electrons. The van der Waals surface area contributed by atoms with Crippen LogP contribution in [-0.4, -0.2) is 40.8 Å². The third kappa shape index (κ3) is 4.29. The molecular weight excluding hydrogens is 234 g/mol. The Kier molecular flexibility index (Phi) is 5.51. The van der Waals surface area contributed by atoms with Crippen molar-refractivity contribution < 1.29 is 14.6 Å². The lowest BCUT2D eigenvalue weighted by molar-refractivity contribution is -0.138. The molecule has 0 fully saturated rings. The summed E-state index contributed by atoms with van der Waals surface area (Å²) in [6.07, 6.45) is 1.82. The fourth-order valence-corrected chi connectivity index (χ4v) is 1.44. The molecule has 0 spiro atoms. The van der Waals surface area contributed by atoms with Crippen molar-refractivity contribution in [3.8, 4) is 0 Å². The smallest absolute Gasteiger partial charge is 0.326 e. The van der Waals surface area contributed by atoms with Gasteiger partial charge in [0.15, 0.2) is 0 Å². The summed E-state index contributed by atoms with van der Waals surface area (Å²) >= 11 is 0. The predicted molar refractivity (Wildman–Crippen MR) is 67.7 cm³/mol. The van der Waals surface area contributed by atoms with Gasteiger partial charge in [-0.25, -0.2) is 14.8 Å². The molecule has 0 radical (unpaired) electrons. The number of carboxylic acid groups (broad SMARTS) is 1. The van der Waals surface area contributed by atoms with Crippen LogP contribution in [0.3, 0.4) is 0 Å². The van der Waals surface area contributed by atoms with Gasteiger partial charge in [0.25, 0.3) is 0 Å². The van der Waals surface area contributed by atoms with Gasteiger partial charge in [-0.3, -0.25) is 0 Å². The Bertz CT molecular complexity index is 396. The first-order valence-electron chi connectivity index (χ1n) is 5.84. The molecule has 1 atom stereocenters. The van der Waals surface area contributed by atoms with Crippen LogP contribution in [0.15, 0.2) is 12.4 Å². The number of hydrogen-bond donors (Lipinski definition) is 2. The Labute approximate surface area is 106 Å². The molecule has 0 aliphatic rings. The van der Waals surface area contributed by atoms with Crippen LogP contribution in [0.1, 0.15) is 31.9 Å². The first-order valence-corrected chi connectivity index (χ1v) is 5.84. The van der Waals surface area contributed by atoms with E-state index in [-0.39, 0.29) is 5.92 Å². The minimum atomic E-state index is -0.920. The van der Waals surface area contributed by atoms with E-state index in [4.69, 9.17) is 9.84 Å². The molecule has 6 nitrogen and oxygen atoms in total. The van der Waals surface area contributed by atoms with Crippen molar-refractivity contribution in [2.75, 3.05) is 19.0 Å². The zero-order valence-electron chi connectivity index (χ0n) is 10.9. The van der Waals surface area contributed by atoms with Crippen molar-refractivity contribution in [1.29, 1.82) is 0 Å². The highest BCUT2D eigenvalue weighted by atomic mass is 16.5. The van der Waals surface area contributed by atoms with Crippen LogP contribution in [-0.2, 0) is 9.53 Å². The van der Waals surface area contributed by atoms with Crippen molar-refractivity contribution in [2.24, 2.45) is 0 Å². The van der Waals surface area contributed by atoms with Crippen molar-refractivity contribution >= 4 is 11.8 Å². The van der Waals surface area contributed by atoms with E-state index in [1.807, 2.05) is 13.8 Å². The molecule has 18 heavy (non-hydrogen) atoms. The molecule has 1 unspecified atom stereocenters. The zero-order chi connectivity index (χ0) is 13.5. The van der Waals surface area contributed by atoms with E-state index in [0.29, 0.717) is 18.8 Å². The summed E-state index contributed by atoms with van der Waals surface area (Å²) in [6.45, 7) is 4.42. The van der Waals surface area contributed by atoms with Gasteiger partial charge in [0.05, 0.1) is 0 Å². The molecule has 0 aromatic carbocycles. The monoisotopic (exact) mass is 253 g/mol. The molecule has 6 heteroatoms. The summed E-state index contributed by atoms with van der Waals surface area (Å²) in [5, 5.41) is 12.0. The molecule has 2 N–H and O–H groups in total. The number of nitrogens with zero attached hydrogens (tertiary/aromatic N) is 2. The lowest BCUT2D eigenvalue weighted by atomic mass is 10.1.